The van der Waals surface area contributed by atoms with Gasteiger partial charge < -0.3 is 23.9 Å². The topological polar surface area (TPSA) is 69.9 Å². The molecule has 4 aromatic rings. The molecule has 4 rings (SSSR count). The van der Waals surface area contributed by atoms with Crippen LogP contribution in [0.2, 0.25) is 0 Å². The number of hydrogen-bond acceptors (Lipinski definition) is 5. The monoisotopic (exact) mass is 485 g/mol. The highest BCUT2D eigenvalue weighted by atomic mass is 16.5. The van der Waals surface area contributed by atoms with Crippen molar-refractivity contribution in [3.05, 3.63) is 83.1 Å². The fourth-order valence-corrected chi connectivity index (χ4v) is 4.32. The van der Waals surface area contributed by atoms with Crippen LogP contribution >= 0.6 is 0 Å². The zero-order chi connectivity index (χ0) is 25.8. The lowest BCUT2D eigenvalue weighted by Gasteiger charge is -2.14. The number of amides is 1. The maximum Gasteiger partial charge on any atom is 0.244 e. The first-order valence-corrected chi connectivity index (χ1v) is 11.7. The van der Waals surface area contributed by atoms with Crippen molar-refractivity contribution in [2.75, 3.05) is 21.3 Å². The van der Waals surface area contributed by atoms with Crippen molar-refractivity contribution in [2.24, 2.45) is 0 Å². The largest absolute Gasteiger partial charge is 0.496 e. The quantitative estimate of drug-likeness (QED) is 0.290. The lowest BCUT2D eigenvalue weighted by atomic mass is 9.96. The van der Waals surface area contributed by atoms with Crippen LogP contribution in [0.5, 0.6) is 17.2 Å². The molecule has 0 saturated carbocycles. The number of rotatable bonds is 8. The molecule has 1 aromatic heterocycles. The fourth-order valence-electron chi connectivity index (χ4n) is 4.32. The van der Waals surface area contributed by atoms with Crippen molar-refractivity contribution >= 4 is 22.4 Å². The molecule has 3 aromatic carbocycles. The van der Waals surface area contributed by atoms with Gasteiger partial charge in [0.15, 0.2) is 11.5 Å². The summed E-state index contributed by atoms with van der Waals surface area (Å²) < 4.78 is 22.6. The van der Waals surface area contributed by atoms with E-state index in [2.05, 4.69) is 5.32 Å². The van der Waals surface area contributed by atoms with Crippen molar-refractivity contribution in [3.63, 3.8) is 0 Å². The summed E-state index contributed by atoms with van der Waals surface area (Å²) in [6.45, 7) is 6.36. The molecule has 36 heavy (non-hydrogen) atoms. The first kappa shape index (κ1) is 24.9. The number of aryl methyl sites for hydroxylation is 2. The maximum atomic E-state index is 12.7. The molecule has 0 aliphatic heterocycles. The number of allylic oxidation sites excluding steroid dienone is 1. The molecule has 1 heterocycles. The number of benzene rings is 3. The lowest BCUT2D eigenvalue weighted by Crippen LogP contribution is -2.20. The fraction of sp³-hybridized carbons (Fsp3) is 0.233. The second kappa shape index (κ2) is 10.6. The molecule has 6 heteroatoms. The second-order valence-electron chi connectivity index (χ2n) is 8.71. The Labute approximate surface area is 211 Å². The van der Waals surface area contributed by atoms with E-state index in [4.69, 9.17) is 18.6 Å². The Morgan fingerprint density at radius 3 is 2.33 bits per heavy atom. The van der Waals surface area contributed by atoms with E-state index in [1.165, 1.54) is 5.56 Å². The second-order valence-corrected chi connectivity index (χ2v) is 8.71. The molecular weight excluding hydrogens is 454 g/mol. The van der Waals surface area contributed by atoms with Crippen molar-refractivity contribution < 1.29 is 23.4 Å². The molecule has 1 amide bonds. The number of nitrogens with one attached hydrogen (secondary N) is 1. The molecule has 0 unspecified atom stereocenters. The van der Waals surface area contributed by atoms with Crippen LogP contribution in [-0.4, -0.2) is 27.2 Å². The summed E-state index contributed by atoms with van der Waals surface area (Å²) in [7, 11) is 4.85. The van der Waals surface area contributed by atoms with Crippen molar-refractivity contribution in [2.45, 2.75) is 27.3 Å². The third-order valence-electron chi connectivity index (χ3n) is 6.30. The Morgan fingerprint density at radius 2 is 1.67 bits per heavy atom. The highest BCUT2D eigenvalue weighted by Gasteiger charge is 2.19. The molecule has 0 aliphatic carbocycles. The Hall–Kier alpha value is -4.19. The van der Waals surface area contributed by atoms with Crippen LogP contribution in [0.1, 0.15) is 29.2 Å². The van der Waals surface area contributed by atoms with Crippen molar-refractivity contribution in [3.8, 4) is 28.4 Å². The lowest BCUT2D eigenvalue weighted by molar-refractivity contribution is -0.116. The predicted octanol–water partition coefficient (Wildman–Crippen LogP) is 6.46. The number of methoxy groups -OCH3 is 3. The predicted molar refractivity (Wildman–Crippen MR) is 143 cm³/mol. The molecule has 6 nitrogen and oxygen atoms in total. The average molecular weight is 486 g/mol. The van der Waals surface area contributed by atoms with Gasteiger partial charge in [-0.2, -0.15) is 0 Å². The molecule has 0 saturated heterocycles. The van der Waals surface area contributed by atoms with E-state index in [1.54, 1.807) is 33.7 Å². The van der Waals surface area contributed by atoms with Gasteiger partial charge in [-0.1, -0.05) is 35.9 Å². The first-order chi connectivity index (χ1) is 17.4. The first-order valence-electron chi connectivity index (χ1n) is 11.7. The van der Waals surface area contributed by atoms with Gasteiger partial charge in [0.2, 0.25) is 5.91 Å². The van der Waals surface area contributed by atoms with E-state index in [1.807, 2.05) is 69.3 Å². The minimum absolute atomic E-state index is 0.166. The van der Waals surface area contributed by atoms with E-state index >= 15 is 0 Å². The van der Waals surface area contributed by atoms with E-state index in [0.29, 0.717) is 23.8 Å². The van der Waals surface area contributed by atoms with Crippen LogP contribution in [0.4, 0.5) is 0 Å². The van der Waals surface area contributed by atoms with Gasteiger partial charge in [-0.3, -0.25) is 4.79 Å². The molecule has 0 fully saturated rings. The maximum absolute atomic E-state index is 12.7. The normalized spacial score (nSPS) is 11.4. The van der Waals surface area contributed by atoms with Gasteiger partial charge >= 0.3 is 0 Å². The van der Waals surface area contributed by atoms with Gasteiger partial charge in [0.25, 0.3) is 0 Å². The van der Waals surface area contributed by atoms with E-state index in [0.717, 1.165) is 44.4 Å². The molecule has 186 valence electrons. The molecule has 1 N–H and O–H groups in total. The van der Waals surface area contributed by atoms with Gasteiger partial charge in [-0.25, -0.2) is 0 Å². The van der Waals surface area contributed by atoms with Crippen LogP contribution in [0.3, 0.4) is 0 Å². The van der Waals surface area contributed by atoms with Gasteiger partial charge in [0.05, 0.1) is 27.6 Å². The summed E-state index contributed by atoms with van der Waals surface area (Å²) in [4.78, 5) is 12.7. The Kier molecular flexibility index (Phi) is 7.34. The zero-order valence-corrected chi connectivity index (χ0v) is 21.5. The third kappa shape index (κ3) is 4.93. The standard InChI is InChI=1S/C30H31NO5/c1-18-7-9-21(10-8-18)16-31-28(32)13-19(2)23-15-24-25(17-36-30(24)20(3)29(23)35-6)22-11-12-26(33-4)27(14-22)34-5/h7-15,17H,16H2,1-6H3,(H,31,32)/b19-13+. The molecule has 0 radical (unpaired) electrons. The van der Waals surface area contributed by atoms with Gasteiger partial charge in [-0.15, -0.1) is 0 Å². The SMILES string of the molecule is COc1ccc(-c2coc3c(C)c(OC)c(/C(C)=C/C(=O)NCc4ccc(C)cc4)cc23)cc1OC. The Bertz CT molecular complexity index is 1430. The molecule has 0 bridgehead atoms. The number of fused-ring (bicyclic) bond motifs is 1. The van der Waals surface area contributed by atoms with Crippen LogP contribution in [0.25, 0.3) is 27.7 Å². The Morgan fingerprint density at radius 1 is 0.944 bits per heavy atom. The average Bonchev–Trinajstić information content (AvgIpc) is 3.32. The summed E-state index contributed by atoms with van der Waals surface area (Å²) >= 11 is 0. The van der Waals surface area contributed by atoms with Gasteiger partial charge in [0.1, 0.15) is 11.3 Å². The molecular formula is C30H31NO5. The van der Waals surface area contributed by atoms with E-state index in [-0.39, 0.29) is 5.91 Å². The summed E-state index contributed by atoms with van der Waals surface area (Å²) in [6.07, 6.45) is 3.34. The minimum Gasteiger partial charge on any atom is -0.496 e. The van der Waals surface area contributed by atoms with Gasteiger partial charge in [0, 0.05) is 34.7 Å². The molecule has 0 aliphatic rings. The van der Waals surface area contributed by atoms with Crippen molar-refractivity contribution in [1.82, 2.24) is 5.32 Å². The highest BCUT2D eigenvalue weighted by Crippen LogP contribution is 2.42. The number of carbonyl (C=O) groups is 1. The number of carbonyl (C=O) groups excluding carboxylic acids is 1. The summed E-state index contributed by atoms with van der Waals surface area (Å²) in [6, 6.07) is 15.9. The number of furan rings is 1. The van der Waals surface area contributed by atoms with Crippen LogP contribution in [0.15, 0.2) is 65.3 Å². The van der Waals surface area contributed by atoms with Crippen LogP contribution in [-0.2, 0) is 11.3 Å². The Balaban J connectivity index is 1.70. The minimum atomic E-state index is -0.166. The summed E-state index contributed by atoms with van der Waals surface area (Å²) in [5.74, 6) is 1.80. The van der Waals surface area contributed by atoms with E-state index in [9.17, 15) is 4.79 Å². The smallest absolute Gasteiger partial charge is 0.244 e. The van der Waals surface area contributed by atoms with E-state index < -0.39 is 0 Å². The molecule has 0 spiro atoms. The number of ether oxygens (including phenoxy) is 3. The van der Waals surface area contributed by atoms with Crippen LogP contribution in [0, 0.1) is 13.8 Å². The molecule has 0 atom stereocenters. The third-order valence-corrected chi connectivity index (χ3v) is 6.30. The summed E-state index contributed by atoms with van der Waals surface area (Å²) in [5.41, 5.74) is 7.29. The van der Waals surface area contributed by atoms with Gasteiger partial charge in [-0.05, 0) is 55.7 Å². The van der Waals surface area contributed by atoms with Crippen molar-refractivity contribution in [1.29, 1.82) is 0 Å². The summed E-state index contributed by atoms with van der Waals surface area (Å²) in [5, 5.41) is 3.88. The zero-order valence-electron chi connectivity index (χ0n) is 21.5. The number of hydrogen-bond donors (Lipinski definition) is 1. The van der Waals surface area contributed by atoms with Crippen LogP contribution < -0.4 is 19.5 Å². The highest BCUT2D eigenvalue weighted by molar-refractivity contribution is 6.01.